The van der Waals surface area contributed by atoms with E-state index in [1.54, 1.807) is 18.5 Å². The van der Waals surface area contributed by atoms with Crippen LogP contribution in [-0.4, -0.2) is 16.7 Å². The van der Waals surface area contributed by atoms with E-state index in [0.29, 0.717) is 0 Å². The van der Waals surface area contributed by atoms with E-state index in [4.69, 9.17) is 0 Å². The van der Waals surface area contributed by atoms with Crippen LogP contribution in [0.2, 0.25) is 0 Å². The van der Waals surface area contributed by atoms with Crippen molar-refractivity contribution >= 4 is 12.8 Å². The summed E-state index contributed by atoms with van der Waals surface area (Å²) in [5, 5.41) is 0. The molecule has 3 nitrogen and oxygen atoms in total. The van der Waals surface area contributed by atoms with Gasteiger partial charge < -0.3 is 4.98 Å². The molecule has 3 heteroatoms. The third-order valence-electron chi connectivity index (χ3n) is 1.06. The van der Waals surface area contributed by atoms with Gasteiger partial charge in [-0.05, 0) is 19.7 Å². The van der Waals surface area contributed by atoms with Crippen molar-refractivity contribution in [3.8, 4) is 0 Å². The van der Waals surface area contributed by atoms with Crippen LogP contribution in [0.3, 0.4) is 0 Å². The number of hydrogen-bond acceptors (Lipinski definition) is 2. The van der Waals surface area contributed by atoms with Crippen molar-refractivity contribution in [2.45, 2.75) is 6.92 Å². The topological polar surface area (TPSA) is 41.0 Å². The van der Waals surface area contributed by atoms with Gasteiger partial charge in [-0.1, -0.05) is 0 Å². The standard InChI is InChI=1S/C7H9N3/c1-6-5-9-7(10-6)3-4-8-2/h3-5H,2H2,1H3,(H,9,10)/b4-3-. The molecule has 0 amide bonds. The Morgan fingerprint density at radius 3 is 3.10 bits per heavy atom. The van der Waals surface area contributed by atoms with Crippen molar-refractivity contribution in [1.29, 1.82) is 0 Å². The number of H-pyrrole nitrogens is 1. The second-order valence-corrected chi connectivity index (χ2v) is 1.95. The lowest BCUT2D eigenvalue weighted by molar-refractivity contribution is 1.22. The number of hydrogen-bond donors (Lipinski definition) is 1. The maximum absolute atomic E-state index is 4.02. The Morgan fingerprint density at radius 2 is 2.60 bits per heavy atom. The molecule has 0 bridgehead atoms. The van der Waals surface area contributed by atoms with Crippen molar-refractivity contribution in [3.05, 3.63) is 23.9 Å². The van der Waals surface area contributed by atoms with Crippen molar-refractivity contribution in [2.75, 3.05) is 0 Å². The minimum atomic E-state index is 0.810. The van der Waals surface area contributed by atoms with Gasteiger partial charge in [-0.15, -0.1) is 0 Å². The third-order valence-corrected chi connectivity index (χ3v) is 1.06. The normalized spacial score (nSPS) is 10.5. The van der Waals surface area contributed by atoms with Crippen LogP contribution in [0, 0.1) is 6.92 Å². The van der Waals surface area contributed by atoms with Crippen molar-refractivity contribution in [2.24, 2.45) is 4.99 Å². The molecular weight excluding hydrogens is 126 g/mol. The number of nitrogens with one attached hydrogen (secondary N) is 1. The first-order valence-electron chi connectivity index (χ1n) is 2.97. The minimum absolute atomic E-state index is 0.810. The molecule has 0 aliphatic heterocycles. The van der Waals surface area contributed by atoms with E-state index in [1.807, 2.05) is 6.92 Å². The van der Waals surface area contributed by atoms with E-state index in [2.05, 4.69) is 21.7 Å². The summed E-state index contributed by atoms with van der Waals surface area (Å²) in [6.45, 7) is 5.25. The number of aromatic nitrogens is 2. The van der Waals surface area contributed by atoms with Gasteiger partial charge >= 0.3 is 0 Å². The van der Waals surface area contributed by atoms with Crippen LogP contribution in [0.5, 0.6) is 0 Å². The Morgan fingerprint density at radius 1 is 1.80 bits per heavy atom. The highest BCUT2D eigenvalue weighted by atomic mass is 14.9. The van der Waals surface area contributed by atoms with Crippen LogP contribution >= 0.6 is 0 Å². The zero-order valence-electron chi connectivity index (χ0n) is 5.83. The molecule has 52 valence electrons. The highest BCUT2D eigenvalue weighted by Gasteiger charge is 1.88. The molecule has 0 aliphatic carbocycles. The number of aromatic amines is 1. The molecule has 1 N–H and O–H groups in total. The fourth-order valence-electron chi connectivity index (χ4n) is 0.641. The molecule has 0 atom stereocenters. The first-order chi connectivity index (χ1) is 4.83. The summed E-state index contributed by atoms with van der Waals surface area (Å²) < 4.78 is 0. The third kappa shape index (κ3) is 1.55. The molecule has 1 heterocycles. The van der Waals surface area contributed by atoms with Gasteiger partial charge in [0.05, 0.1) is 0 Å². The first kappa shape index (κ1) is 6.74. The maximum atomic E-state index is 4.02. The molecule has 1 aromatic rings. The van der Waals surface area contributed by atoms with Gasteiger partial charge in [0.25, 0.3) is 0 Å². The van der Waals surface area contributed by atoms with E-state index in [1.165, 1.54) is 0 Å². The minimum Gasteiger partial charge on any atom is -0.343 e. The second-order valence-electron chi connectivity index (χ2n) is 1.95. The van der Waals surface area contributed by atoms with Crippen LogP contribution < -0.4 is 0 Å². The molecule has 1 rings (SSSR count). The lowest BCUT2D eigenvalue weighted by atomic mass is 10.5. The number of aliphatic imine (C=N–C) groups is 1. The zero-order valence-corrected chi connectivity index (χ0v) is 5.83. The Balaban J connectivity index is 2.75. The van der Waals surface area contributed by atoms with E-state index < -0.39 is 0 Å². The van der Waals surface area contributed by atoms with Crippen molar-refractivity contribution in [1.82, 2.24) is 9.97 Å². The van der Waals surface area contributed by atoms with Gasteiger partial charge in [0.2, 0.25) is 0 Å². The highest BCUT2D eigenvalue weighted by molar-refractivity contribution is 5.41. The Hall–Kier alpha value is -1.38. The van der Waals surface area contributed by atoms with Gasteiger partial charge in [-0.2, -0.15) is 0 Å². The first-order valence-corrected chi connectivity index (χ1v) is 2.97. The molecule has 0 saturated heterocycles. The smallest absolute Gasteiger partial charge is 0.131 e. The zero-order chi connectivity index (χ0) is 7.40. The molecule has 0 aliphatic rings. The summed E-state index contributed by atoms with van der Waals surface area (Å²) in [4.78, 5) is 10.6. The number of rotatable bonds is 2. The van der Waals surface area contributed by atoms with Gasteiger partial charge in [-0.3, -0.25) is 4.99 Å². The summed E-state index contributed by atoms with van der Waals surface area (Å²) >= 11 is 0. The molecular formula is C7H9N3. The monoisotopic (exact) mass is 135 g/mol. The van der Waals surface area contributed by atoms with Crippen LogP contribution in [-0.2, 0) is 0 Å². The predicted molar refractivity (Wildman–Crippen MR) is 41.9 cm³/mol. The summed E-state index contributed by atoms with van der Waals surface area (Å²) in [5.41, 5.74) is 1.05. The molecule has 10 heavy (non-hydrogen) atoms. The molecule has 0 aromatic carbocycles. The fourth-order valence-corrected chi connectivity index (χ4v) is 0.641. The molecule has 0 unspecified atom stereocenters. The van der Waals surface area contributed by atoms with Crippen LogP contribution in [0.1, 0.15) is 11.5 Å². The van der Waals surface area contributed by atoms with E-state index >= 15 is 0 Å². The largest absolute Gasteiger partial charge is 0.343 e. The molecule has 0 fully saturated rings. The highest BCUT2D eigenvalue weighted by Crippen LogP contribution is 1.96. The summed E-state index contributed by atoms with van der Waals surface area (Å²) in [5.74, 6) is 0.810. The predicted octanol–water partition coefficient (Wildman–Crippen LogP) is 1.39. The molecule has 0 radical (unpaired) electrons. The van der Waals surface area contributed by atoms with Gasteiger partial charge in [0, 0.05) is 18.1 Å². The number of imidazole rings is 1. The summed E-state index contributed by atoms with van der Waals surface area (Å²) in [7, 11) is 0. The van der Waals surface area contributed by atoms with Crippen LogP contribution in [0.15, 0.2) is 17.4 Å². The lowest BCUT2D eigenvalue weighted by Crippen LogP contribution is -1.72. The quantitative estimate of drug-likeness (QED) is 0.611. The van der Waals surface area contributed by atoms with Crippen LogP contribution in [0.25, 0.3) is 6.08 Å². The van der Waals surface area contributed by atoms with E-state index in [9.17, 15) is 0 Å². The lowest BCUT2D eigenvalue weighted by Gasteiger charge is -1.79. The average molecular weight is 135 g/mol. The van der Waals surface area contributed by atoms with Crippen molar-refractivity contribution < 1.29 is 0 Å². The Kier molecular flexibility index (Phi) is 1.99. The van der Waals surface area contributed by atoms with E-state index in [0.717, 1.165) is 11.5 Å². The number of aryl methyl sites for hydroxylation is 1. The molecule has 0 spiro atoms. The number of nitrogens with zero attached hydrogens (tertiary/aromatic N) is 2. The van der Waals surface area contributed by atoms with E-state index in [-0.39, 0.29) is 0 Å². The Bertz CT molecular complexity index is 247. The SMILES string of the molecule is C=N/C=C\c1ncc(C)[nH]1. The second kappa shape index (κ2) is 2.96. The van der Waals surface area contributed by atoms with Gasteiger partial charge in [0.1, 0.15) is 5.82 Å². The molecule has 0 saturated carbocycles. The average Bonchev–Trinajstić information content (AvgIpc) is 2.31. The fraction of sp³-hybridized carbons (Fsp3) is 0.143. The maximum Gasteiger partial charge on any atom is 0.131 e. The molecule has 1 aromatic heterocycles. The van der Waals surface area contributed by atoms with Gasteiger partial charge in [-0.25, -0.2) is 4.98 Å². The van der Waals surface area contributed by atoms with Gasteiger partial charge in [0.15, 0.2) is 0 Å². The summed E-state index contributed by atoms with van der Waals surface area (Å²) in [6.07, 6.45) is 5.13. The van der Waals surface area contributed by atoms with Crippen LogP contribution in [0.4, 0.5) is 0 Å². The summed E-state index contributed by atoms with van der Waals surface area (Å²) in [6, 6.07) is 0. The van der Waals surface area contributed by atoms with Crippen molar-refractivity contribution in [3.63, 3.8) is 0 Å². The Labute approximate surface area is 59.5 Å².